The quantitative estimate of drug-likeness (QED) is 0.286. The molecule has 2 aromatic carbocycles. The summed E-state index contributed by atoms with van der Waals surface area (Å²) in [5, 5.41) is 0. The van der Waals surface area contributed by atoms with Gasteiger partial charge >= 0.3 is 0 Å². The first-order valence-electron chi connectivity index (χ1n) is 12.6. The number of rotatable bonds is 9. The average molecular weight is 446 g/mol. The zero-order valence-corrected chi connectivity index (χ0v) is 19.9. The van der Waals surface area contributed by atoms with Gasteiger partial charge in [-0.05, 0) is 42.4 Å². The maximum absolute atomic E-state index is 15.5. The van der Waals surface area contributed by atoms with Crippen LogP contribution >= 0.6 is 0 Å². The molecule has 4 atom stereocenters. The molecule has 3 heteroatoms. The molecule has 2 aromatic rings. The van der Waals surface area contributed by atoms with Gasteiger partial charge in [0.05, 0.1) is 6.04 Å². The number of hydrogen-bond acceptors (Lipinski definition) is 1. The Bertz CT molecular complexity index is 996. The Morgan fingerprint density at radius 2 is 1.91 bits per heavy atom. The van der Waals surface area contributed by atoms with Crippen LogP contribution in [0.15, 0.2) is 66.8 Å². The summed E-state index contributed by atoms with van der Waals surface area (Å²) in [7, 11) is 0. The van der Waals surface area contributed by atoms with Crippen LogP contribution < -0.4 is 0 Å². The lowest BCUT2D eigenvalue weighted by Crippen LogP contribution is -2.31. The summed E-state index contributed by atoms with van der Waals surface area (Å²) >= 11 is 0. The van der Waals surface area contributed by atoms with Gasteiger partial charge < -0.3 is 4.90 Å². The zero-order chi connectivity index (χ0) is 23.2. The van der Waals surface area contributed by atoms with Crippen molar-refractivity contribution in [2.75, 3.05) is 0 Å². The summed E-state index contributed by atoms with van der Waals surface area (Å²) in [5.74, 6) is 0.145. The van der Waals surface area contributed by atoms with Crippen molar-refractivity contribution >= 4 is 12.0 Å². The van der Waals surface area contributed by atoms with Crippen LogP contribution in [0.1, 0.15) is 75.1 Å². The van der Waals surface area contributed by atoms with E-state index in [4.69, 9.17) is 0 Å². The van der Waals surface area contributed by atoms with Gasteiger partial charge in [-0.3, -0.25) is 4.79 Å². The Morgan fingerprint density at radius 3 is 2.67 bits per heavy atom. The molecule has 2 aliphatic rings. The van der Waals surface area contributed by atoms with Gasteiger partial charge in [-0.2, -0.15) is 0 Å². The molecule has 2 nitrogen and oxygen atoms in total. The molecular weight excluding hydrogens is 409 g/mol. The molecule has 4 rings (SSSR count). The molecule has 0 radical (unpaired) electrons. The molecule has 33 heavy (non-hydrogen) atoms. The number of allylic oxidation sites excluding steroid dienone is 2. The number of carbonyl (C=O) groups is 1. The van der Waals surface area contributed by atoms with Crippen molar-refractivity contribution in [1.29, 1.82) is 0 Å². The molecule has 1 amide bonds. The van der Waals surface area contributed by atoms with Crippen LogP contribution in [0.2, 0.25) is 0 Å². The second-order valence-electron chi connectivity index (χ2n) is 9.67. The van der Waals surface area contributed by atoms with Gasteiger partial charge in [0.2, 0.25) is 5.91 Å². The number of amides is 1. The van der Waals surface area contributed by atoms with E-state index in [0.717, 1.165) is 24.0 Å². The summed E-state index contributed by atoms with van der Waals surface area (Å²) in [5.41, 5.74) is 2.59. The molecule has 0 aromatic heterocycles. The molecule has 1 aliphatic carbocycles. The molecule has 0 spiro atoms. The van der Waals surface area contributed by atoms with E-state index in [0.29, 0.717) is 12.1 Å². The summed E-state index contributed by atoms with van der Waals surface area (Å²) in [6.07, 6.45) is 15.3. The highest BCUT2D eigenvalue weighted by Gasteiger charge is 2.50. The second kappa shape index (κ2) is 11.0. The minimum Gasteiger partial charge on any atom is -0.330 e. The Morgan fingerprint density at radius 1 is 1.09 bits per heavy atom. The van der Waals surface area contributed by atoms with Crippen molar-refractivity contribution in [3.8, 4) is 0 Å². The van der Waals surface area contributed by atoms with Crippen LogP contribution in [0.25, 0.3) is 6.08 Å². The highest BCUT2D eigenvalue weighted by atomic mass is 19.1. The second-order valence-corrected chi connectivity index (χ2v) is 9.67. The normalized spacial score (nSPS) is 24.6. The minimum atomic E-state index is -0.270. The van der Waals surface area contributed by atoms with Gasteiger partial charge in [0.25, 0.3) is 0 Å². The molecule has 174 valence electrons. The Balaban J connectivity index is 1.58. The summed E-state index contributed by atoms with van der Waals surface area (Å²) in [6.45, 7) is 4.87. The van der Waals surface area contributed by atoms with Crippen molar-refractivity contribution in [2.45, 2.75) is 65.0 Å². The van der Waals surface area contributed by atoms with Gasteiger partial charge in [-0.25, -0.2) is 4.39 Å². The molecule has 0 saturated carbocycles. The highest BCUT2D eigenvalue weighted by Crippen LogP contribution is 2.49. The molecular formula is C30H36FNO. The highest BCUT2D eigenvalue weighted by molar-refractivity contribution is 5.83. The Labute approximate surface area is 198 Å². The maximum Gasteiger partial charge on any atom is 0.227 e. The number of halogens is 1. The van der Waals surface area contributed by atoms with E-state index in [2.05, 4.69) is 32.1 Å². The monoisotopic (exact) mass is 445 g/mol. The van der Waals surface area contributed by atoms with Gasteiger partial charge in [-0.1, -0.05) is 99.9 Å². The van der Waals surface area contributed by atoms with Crippen LogP contribution in [-0.4, -0.2) is 10.8 Å². The first kappa shape index (κ1) is 23.5. The number of carbonyl (C=O) groups excluding carboxylic acids is 1. The van der Waals surface area contributed by atoms with Crippen molar-refractivity contribution < 1.29 is 9.18 Å². The minimum absolute atomic E-state index is 0.0134. The van der Waals surface area contributed by atoms with E-state index in [9.17, 15) is 4.79 Å². The molecule has 0 bridgehead atoms. The van der Waals surface area contributed by atoms with Crippen LogP contribution in [0.4, 0.5) is 4.39 Å². The maximum atomic E-state index is 15.5. The number of unbranched alkanes of at least 4 members (excludes halogenated alkanes) is 4. The fraction of sp³-hybridized carbons (Fsp3) is 0.433. The average Bonchev–Trinajstić information content (AvgIpc) is 3.09. The molecule has 4 unspecified atom stereocenters. The summed E-state index contributed by atoms with van der Waals surface area (Å²) in [6, 6.07) is 15.3. The lowest BCUT2D eigenvalue weighted by Gasteiger charge is -2.30. The van der Waals surface area contributed by atoms with Crippen molar-refractivity contribution in [1.82, 2.24) is 4.90 Å². The lowest BCUT2D eigenvalue weighted by molar-refractivity contribution is -0.134. The third-order valence-corrected chi connectivity index (χ3v) is 7.24. The predicted octanol–water partition coefficient (Wildman–Crippen LogP) is 7.72. The SMILES string of the molecule is CCCCCC/C=C/c1ccc(C2C3C=CCC(C)C3C(=O)N2Cc2ccccc2)c(F)c1. The Hall–Kier alpha value is -2.68. The van der Waals surface area contributed by atoms with Crippen LogP contribution in [0.3, 0.4) is 0 Å². The standard InChI is InChI=1S/C30H36FNO/c1-3-4-5-6-7-9-14-23-18-19-25(27(31)20-23)29-26-17-12-13-22(2)28(26)30(33)32(29)21-24-15-10-8-11-16-24/h8-12,14-20,22,26,28-29H,3-7,13,21H2,1-2H3/b14-9+. The predicted molar refractivity (Wildman–Crippen MR) is 134 cm³/mol. The van der Waals surface area contributed by atoms with Crippen molar-refractivity contribution in [3.05, 3.63) is 89.3 Å². The van der Waals surface area contributed by atoms with E-state index in [1.54, 1.807) is 6.07 Å². The Kier molecular flexibility index (Phi) is 7.80. The van der Waals surface area contributed by atoms with E-state index < -0.39 is 0 Å². The van der Waals surface area contributed by atoms with Gasteiger partial charge in [0, 0.05) is 23.9 Å². The van der Waals surface area contributed by atoms with Gasteiger partial charge in [-0.15, -0.1) is 0 Å². The molecule has 1 fully saturated rings. The number of benzene rings is 2. The van der Waals surface area contributed by atoms with Gasteiger partial charge in [0.1, 0.15) is 5.82 Å². The van der Waals surface area contributed by atoms with Crippen LogP contribution in [-0.2, 0) is 11.3 Å². The third-order valence-electron chi connectivity index (χ3n) is 7.24. The van der Waals surface area contributed by atoms with Crippen LogP contribution in [0, 0.1) is 23.6 Å². The number of fused-ring (bicyclic) bond motifs is 1. The number of likely N-dealkylation sites (tertiary alicyclic amines) is 1. The lowest BCUT2D eigenvalue weighted by atomic mass is 9.75. The van der Waals surface area contributed by atoms with E-state index >= 15 is 4.39 Å². The number of hydrogen-bond donors (Lipinski definition) is 0. The summed E-state index contributed by atoms with van der Waals surface area (Å²) in [4.78, 5) is 15.4. The third kappa shape index (κ3) is 5.29. The van der Waals surface area contributed by atoms with Crippen molar-refractivity contribution in [2.24, 2.45) is 17.8 Å². The van der Waals surface area contributed by atoms with Gasteiger partial charge in [0.15, 0.2) is 0 Å². The molecule has 1 saturated heterocycles. The summed E-state index contributed by atoms with van der Waals surface area (Å²) < 4.78 is 15.5. The first-order chi connectivity index (χ1) is 16.1. The molecule has 0 N–H and O–H groups in total. The van der Waals surface area contributed by atoms with Crippen molar-refractivity contribution in [3.63, 3.8) is 0 Å². The fourth-order valence-corrected chi connectivity index (χ4v) is 5.47. The molecule has 1 aliphatic heterocycles. The van der Waals surface area contributed by atoms with E-state index in [-0.39, 0.29) is 35.5 Å². The number of nitrogens with zero attached hydrogens (tertiary/aromatic N) is 1. The zero-order valence-electron chi connectivity index (χ0n) is 19.9. The van der Waals surface area contributed by atoms with E-state index in [1.165, 1.54) is 25.7 Å². The first-order valence-corrected chi connectivity index (χ1v) is 12.6. The fourth-order valence-electron chi connectivity index (χ4n) is 5.47. The largest absolute Gasteiger partial charge is 0.330 e. The topological polar surface area (TPSA) is 20.3 Å². The van der Waals surface area contributed by atoms with Crippen LogP contribution in [0.5, 0.6) is 0 Å². The van der Waals surface area contributed by atoms with E-state index in [1.807, 2.05) is 53.4 Å². The molecule has 1 heterocycles. The smallest absolute Gasteiger partial charge is 0.227 e.